The summed E-state index contributed by atoms with van der Waals surface area (Å²) in [6.07, 6.45) is 9.15. The molecule has 0 aromatic heterocycles. The minimum Gasteiger partial charge on any atom is -0.497 e. The number of piperidine rings is 2. The standard InChI is InChI=1S/C28H31NO3/c1-17(30)29-25-16-28(14-18-7-10-20(31-2)11-8-18)15-19-9-12-21(32-3)13-24(19)27(29)26(28)23-6-4-5-22(23)25/h4,6-13,22-23,25-27H,5,14-16H2,1-3H3. The summed E-state index contributed by atoms with van der Waals surface area (Å²) >= 11 is 0. The van der Waals surface area contributed by atoms with E-state index in [1.54, 1.807) is 21.1 Å². The fraction of sp³-hybridized carbons (Fsp3) is 0.464. The summed E-state index contributed by atoms with van der Waals surface area (Å²) in [5, 5.41) is 0. The zero-order valence-corrected chi connectivity index (χ0v) is 19.1. The Hall–Kier alpha value is -2.75. The summed E-state index contributed by atoms with van der Waals surface area (Å²) in [7, 11) is 3.44. The van der Waals surface area contributed by atoms with Gasteiger partial charge in [-0.05, 0) is 89.8 Å². The van der Waals surface area contributed by atoms with E-state index in [-0.39, 0.29) is 17.4 Å². The number of hydrogen-bond acceptors (Lipinski definition) is 3. The topological polar surface area (TPSA) is 38.8 Å². The maximum atomic E-state index is 13.0. The predicted molar refractivity (Wildman–Crippen MR) is 124 cm³/mol. The Balaban J connectivity index is 1.50. The Morgan fingerprint density at radius 2 is 1.84 bits per heavy atom. The SMILES string of the molecule is COc1ccc(CC23Cc4ccc(OC)cc4C4C2C2C=CCC2C(C3)N4C(C)=O)cc1. The molecule has 1 amide bonds. The molecule has 3 fully saturated rings. The quantitative estimate of drug-likeness (QED) is 0.644. The molecule has 1 saturated carbocycles. The molecular weight excluding hydrogens is 398 g/mol. The highest BCUT2D eigenvalue weighted by Crippen LogP contribution is 2.67. The van der Waals surface area contributed by atoms with E-state index >= 15 is 0 Å². The lowest BCUT2D eigenvalue weighted by atomic mass is 9.45. The normalized spacial score (nSPS) is 33.6. The molecule has 6 atom stereocenters. The summed E-state index contributed by atoms with van der Waals surface area (Å²) in [5.41, 5.74) is 4.21. The first-order valence-corrected chi connectivity index (χ1v) is 11.8. The van der Waals surface area contributed by atoms with Crippen molar-refractivity contribution in [1.29, 1.82) is 0 Å². The van der Waals surface area contributed by atoms with Crippen LogP contribution < -0.4 is 9.47 Å². The van der Waals surface area contributed by atoms with Gasteiger partial charge >= 0.3 is 0 Å². The van der Waals surface area contributed by atoms with Gasteiger partial charge in [0.2, 0.25) is 5.91 Å². The number of rotatable bonds is 4. The Labute approximate surface area is 190 Å². The molecule has 0 radical (unpaired) electrons. The molecule has 6 unspecified atom stereocenters. The fourth-order valence-electron chi connectivity index (χ4n) is 7.71. The second-order valence-corrected chi connectivity index (χ2v) is 10.2. The zero-order valence-electron chi connectivity index (χ0n) is 19.1. The fourth-order valence-corrected chi connectivity index (χ4v) is 7.71. The van der Waals surface area contributed by atoms with E-state index in [0.29, 0.717) is 23.8 Å². The van der Waals surface area contributed by atoms with Crippen LogP contribution in [-0.2, 0) is 17.6 Å². The minimum atomic E-state index is 0.132. The molecule has 4 heteroatoms. The second kappa shape index (κ2) is 7.13. The van der Waals surface area contributed by atoms with Gasteiger partial charge in [0.1, 0.15) is 11.5 Å². The van der Waals surface area contributed by atoms with Gasteiger partial charge in [0.05, 0.1) is 20.3 Å². The molecule has 3 aliphatic carbocycles. The molecule has 4 bridgehead atoms. The number of ether oxygens (including phenoxy) is 2. The highest BCUT2D eigenvalue weighted by atomic mass is 16.5. The molecule has 0 spiro atoms. The second-order valence-electron chi connectivity index (χ2n) is 10.2. The van der Waals surface area contributed by atoms with E-state index in [1.807, 2.05) is 0 Å². The van der Waals surface area contributed by atoms with Gasteiger partial charge in [-0.3, -0.25) is 4.79 Å². The molecule has 2 saturated heterocycles. The van der Waals surface area contributed by atoms with Gasteiger partial charge in [-0.2, -0.15) is 0 Å². The van der Waals surface area contributed by atoms with Crippen molar-refractivity contribution in [3.05, 3.63) is 71.3 Å². The first-order valence-electron chi connectivity index (χ1n) is 11.8. The number of nitrogens with zero attached hydrogens (tertiary/aromatic N) is 1. The highest BCUT2D eigenvalue weighted by molar-refractivity contribution is 5.75. The lowest BCUT2D eigenvalue weighted by molar-refractivity contribution is -0.178. The first-order chi connectivity index (χ1) is 15.5. The Morgan fingerprint density at radius 3 is 2.56 bits per heavy atom. The molecule has 0 N–H and O–H groups in total. The third-order valence-electron chi connectivity index (χ3n) is 8.78. The third kappa shape index (κ3) is 2.71. The van der Waals surface area contributed by atoms with Crippen molar-refractivity contribution in [2.24, 2.45) is 23.2 Å². The molecule has 4 nitrogen and oxygen atoms in total. The molecule has 2 aromatic carbocycles. The number of amides is 1. The molecule has 32 heavy (non-hydrogen) atoms. The van der Waals surface area contributed by atoms with Gasteiger partial charge < -0.3 is 14.4 Å². The number of carbonyl (C=O) groups excluding carboxylic acids is 1. The Morgan fingerprint density at radius 1 is 1.09 bits per heavy atom. The van der Waals surface area contributed by atoms with Crippen LogP contribution in [-0.4, -0.2) is 31.1 Å². The summed E-state index contributed by atoms with van der Waals surface area (Å²) in [6, 6.07) is 15.5. The van der Waals surface area contributed by atoms with Crippen molar-refractivity contribution in [3.8, 4) is 11.5 Å². The number of allylic oxidation sites excluding steroid dienone is 2. The lowest BCUT2D eigenvalue weighted by Gasteiger charge is -2.67. The van der Waals surface area contributed by atoms with Gasteiger partial charge in [-0.1, -0.05) is 30.4 Å². The van der Waals surface area contributed by atoms with Crippen LogP contribution in [0.25, 0.3) is 0 Å². The maximum Gasteiger partial charge on any atom is 0.220 e. The molecule has 7 rings (SSSR count). The van der Waals surface area contributed by atoms with Crippen LogP contribution in [0.15, 0.2) is 54.6 Å². The van der Waals surface area contributed by atoms with E-state index in [1.165, 1.54) is 16.7 Å². The van der Waals surface area contributed by atoms with Gasteiger partial charge in [0.25, 0.3) is 0 Å². The van der Waals surface area contributed by atoms with Crippen LogP contribution >= 0.6 is 0 Å². The van der Waals surface area contributed by atoms with Gasteiger partial charge in [0, 0.05) is 13.0 Å². The van der Waals surface area contributed by atoms with Gasteiger partial charge in [-0.25, -0.2) is 0 Å². The summed E-state index contributed by atoms with van der Waals surface area (Å²) in [5.74, 6) is 3.54. The van der Waals surface area contributed by atoms with E-state index in [0.717, 1.165) is 37.2 Å². The van der Waals surface area contributed by atoms with Gasteiger partial charge in [0.15, 0.2) is 0 Å². The molecule has 2 aromatic rings. The zero-order chi connectivity index (χ0) is 22.0. The largest absolute Gasteiger partial charge is 0.497 e. The third-order valence-corrected chi connectivity index (χ3v) is 8.78. The summed E-state index contributed by atoms with van der Waals surface area (Å²) in [6.45, 7) is 1.76. The van der Waals surface area contributed by atoms with Crippen LogP contribution in [0.5, 0.6) is 11.5 Å². The van der Waals surface area contributed by atoms with Crippen molar-refractivity contribution in [2.75, 3.05) is 14.2 Å². The first kappa shape index (κ1) is 19.9. The summed E-state index contributed by atoms with van der Waals surface area (Å²) in [4.78, 5) is 15.3. The van der Waals surface area contributed by atoms with E-state index in [9.17, 15) is 4.79 Å². The van der Waals surface area contributed by atoms with Crippen molar-refractivity contribution >= 4 is 5.91 Å². The van der Waals surface area contributed by atoms with Crippen molar-refractivity contribution in [1.82, 2.24) is 4.90 Å². The average Bonchev–Trinajstić information content (AvgIpc) is 3.30. The van der Waals surface area contributed by atoms with E-state index < -0.39 is 0 Å². The number of carbonyl (C=O) groups is 1. The molecular formula is C28H31NO3. The van der Waals surface area contributed by atoms with E-state index in [4.69, 9.17) is 9.47 Å². The molecule has 5 aliphatic rings. The van der Waals surface area contributed by atoms with Crippen LogP contribution in [0.1, 0.15) is 42.5 Å². The molecule has 166 valence electrons. The van der Waals surface area contributed by atoms with Crippen molar-refractivity contribution < 1.29 is 14.3 Å². The maximum absolute atomic E-state index is 13.0. The number of fused-ring (bicyclic) bond motifs is 1. The average molecular weight is 430 g/mol. The van der Waals surface area contributed by atoms with E-state index in [2.05, 4.69) is 59.5 Å². The lowest BCUT2D eigenvalue weighted by Crippen LogP contribution is -2.68. The molecule has 2 heterocycles. The van der Waals surface area contributed by atoms with Crippen molar-refractivity contribution in [2.45, 2.75) is 44.7 Å². The predicted octanol–water partition coefficient (Wildman–Crippen LogP) is 4.97. The Bertz CT molecular complexity index is 1090. The number of hydrogen-bond donors (Lipinski definition) is 0. The van der Waals surface area contributed by atoms with Gasteiger partial charge in [-0.15, -0.1) is 0 Å². The van der Waals surface area contributed by atoms with Crippen LogP contribution in [0.3, 0.4) is 0 Å². The van der Waals surface area contributed by atoms with Crippen molar-refractivity contribution in [3.63, 3.8) is 0 Å². The smallest absolute Gasteiger partial charge is 0.220 e. The monoisotopic (exact) mass is 429 g/mol. The Kier molecular flexibility index (Phi) is 4.43. The van der Waals surface area contributed by atoms with Crippen LogP contribution in [0.2, 0.25) is 0 Å². The van der Waals surface area contributed by atoms with Crippen LogP contribution in [0, 0.1) is 23.2 Å². The number of benzene rings is 2. The summed E-state index contributed by atoms with van der Waals surface area (Å²) < 4.78 is 11.0. The highest BCUT2D eigenvalue weighted by Gasteiger charge is 2.65. The number of methoxy groups -OCH3 is 2. The van der Waals surface area contributed by atoms with Crippen LogP contribution in [0.4, 0.5) is 0 Å². The minimum absolute atomic E-state index is 0.132. The molecule has 2 aliphatic heterocycles.